The van der Waals surface area contributed by atoms with Crippen LogP contribution in [-0.4, -0.2) is 19.0 Å². The molecule has 0 bridgehead atoms. The SMILES string of the molecule is O=C(c1ccc(F)c(F)c1Br)C1CCOC1. The molecule has 16 heavy (non-hydrogen) atoms. The van der Waals surface area contributed by atoms with Crippen LogP contribution < -0.4 is 0 Å². The first-order chi connectivity index (χ1) is 7.61. The number of benzene rings is 1. The van der Waals surface area contributed by atoms with Crippen LogP contribution in [0.3, 0.4) is 0 Å². The first-order valence-electron chi connectivity index (χ1n) is 4.86. The van der Waals surface area contributed by atoms with Crippen LogP contribution in [0.15, 0.2) is 16.6 Å². The van der Waals surface area contributed by atoms with Crippen molar-refractivity contribution in [2.75, 3.05) is 13.2 Å². The molecule has 0 aromatic heterocycles. The molecule has 2 rings (SSSR count). The zero-order valence-corrected chi connectivity index (χ0v) is 9.89. The molecule has 1 aliphatic rings. The number of rotatable bonds is 2. The van der Waals surface area contributed by atoms with Crippen LogP contribution in [0, 0.1) is 17.6 Å². The zero-order chi connectivity index (χ0) is 11.7. The molecule has 1 saturated heterocycles. The fraction of sp³-hybridized carbons (Fsp3) is 0.364. The third kappa shape index (κ3) is 2.01. The third-order valence-electron chi connectivity index (χ3n) is 2.60. The van der Waals surface area contributed by atoms with Crippen LogP contribution in [0.5, 0.6) is 0 Å². The largest absolute Gasteiger partial charge is 0.381 e. The summed E-state index contributed by atoms with van der Waals surface area (Å²) in [4.78, 5) is 11.9. The molecule has 1 fully saturated rings. The van der Waals surface area contributed by atoms with Crippen molar-refractivity contribution in [2.24, 2.45) is 5.92 Å². The van der Waals surface area contributed by atoms with E-state index in [0.29, 0.717) is 19.6 Å². The maximum atomic E-state index is 13.2. The standard InChI is InChI=1S/C11H9BrF2O2/c12-9-7(1-2-8(13)10(9)14)11(15)6-3-4-16-5-6/h1-2,6H,3-5H2. The molecule has 0 N–H and O–H groups in total. The Labute approximate surface area is 99.7 Å². The summed E-state index contributed by atoms with van der Waals surface area (Å²) >= 11 is 2.90. The quantitative estimate of drug-likeness (QED) is 0.618. The van der Waals surface area contributed by atoms with E-state index in [0.717, 1.165) is 6.07 Å². The van der Waals surface area contributed by atoms with Gasteiger partial charge in [-0.15, -0.1) is 0 Å². The van der Waals surface area contributed by atoms with E-state index >= 15 is 0 Å². The summed E-state index contributed by atoms with van der Waals surface area (Å²) in [7, 11) is 0. The zero-order valence-electron chi connectivity index (χ0n) is 8.30. The van der Waals surface area contributed by atoms with Crippen molar-refractivity contribution in [3.8, 4) is 0 Å². The molecule has 0 saturated carbocycles. The van der Waals surface area contributed by atoms with Crippen molar-refractivity contribution in [1.82, 2.24) is 0 Å². The summed E-state index contributed by atoms with van der Waals surface area (Å²) in [6.45, 7) is 0.891. The van der Waals surface area contributed by atoms with Crippen molar-refractivity contribution in [3.05, 3.63) is 33.8 Å². The normalized spacial score (nSPS) is 20.1. The first-order valence-corrected chi connectivity index (χ1v) is 5.66. The van der Waals surface area contributed by atoms with Gasteiger partial charge in [-0.3, -0.25) is 4.79 Å². The van der Waals surface area contributed by atoms with Gasteiger partial charge in [-0.1, -0.05) is 0 Å². The maximum Gasteiger partial charge on any atom is 0.173 e. The number of halogens is 3. The lowest BCUT2D eigenvalue weighted by Gasteiger charge is -2.09. The molecule has 0 amide bonds. The smallest absolute Gasteiger partial charge is 0.173 e. The summed E-state index contributed by atoms with van der Waals surface area (Å²) in [5.41, 5.74) is 0.175. The van der Waals surface area contributed by atoms with Gasteiger partial charge in [0.2, 0.25) is 0 Å². The average Bonchev–Trinajstić information content (AvgIpc) is 2.79. The Kier molecular flexibility index (Phi) is 3.35. The lowest BCUT2D eigenvalue weighted by Crippen LogP contribution is -2.15. The van der Waals surface area contributed by atoms with Gasteiger partial charge in [0.1, 0.15) is 0 Å². The molecule has 0 spiro atoms. The maximum absolute atomic E-state index is 13.2. The topological polar surface area (TPSA) is 26.3 Å². The van der Waals surface area contributed by atoms with E-state index < -0.39 is 11.6 Å². The van der Waals surface area contributed by atoms with E-state index in [1.54, 1.807) is 0 Å². The number of Topliss-reactive ketones (excluding diaryl/α,β-unsaturated/α-hetero) is 1. The van der Waals surface area contributed by atoms with Gasteiger partial charge < -0.3 is 4.74 Å². The molecular weight excluding hydrogens is 282 g/mol. The molecule has 2 nitrogen and oxygen atoms in total. The summed E-state index contributed by atoms with van der Waals surface area (Å²) in [5, 5.41) is 0. The molecule has 0 aliphatic carbocycles. The van der Waals surface area contributed by atoms with Crippen LogP contribution in [-0.2, 0) is 4.74 Å². The van der Waals surface area contributed by atoms with Gasteiger partial charge in [0.05, 0.1) is 11.1 Å². The molecule has 86 valence electrons. The fourth-order valence-electron chi connectivity index (χ4n) is 1.68. The minimum Gasteiger partial charge on any atom is -0.381 e. The lowest BCUT2D eigenvalue weighted by molar-refractivity contribution is 0.0899. The number of hydrogen-bond donors (Lipinski definition) is 0. The van der Waals surface area contributed by atoms with Gasteiger partial charge >= 0.3 is 0 Å². The van der Waals surface area contributed by atoms with E-state index in [9.17, 15) is 13.6 Å². The minimum atomic E-state index is -1.02. The fourth-order valence-corrected chi connectivity index (χ4v) is 2.19. The second kappa shape index (κ2) is 4.59. The van der Waals surface area contributed by atoms with Crippen LogP contribution in [0.4, 0.5) is 8.78 Å². The molecule has 1 heterocycles. The molecule has 1 unspecified atom stereocenters. The van der Waals surface area contributed by atoms with Crippen LogP contribution >= 0.6 is 15.9 Å². The van der Waals surface area contributed by atoms with Gasteiger partial charge in [0.25, 0.3) is 0 Å². The molecule has 1 aliphatic heterocycles. The van der Waals surface area contributed by atoms with Crippen molar-refractivity contribution < 1.29 is 18.3 Å². The number of ketones is 1. The van der Waals surface area contributed by atoms with Crippen LogP contribution in [0.2, 0.25) is 0 Å². The number of carbonyl (C=O) groups is 1. The monoisotopic (exact) mass is 290 g/mol. The molecule has 5 heteroatoms. The predicted octanol–water partition coefficient (Wildman–Crippen LogP) is 2.95. The highest BCUT2D eigenvalue weighted by Gasteiger charge is 2.27. The van der Waals surface area contributed by atoms with Crippen molar-refractivity contribution in [1.29, 1.82) is 0 Å². The third-order valence-corrected chi connectivity index (χ3v) is 3.38. The Hall–Kier alpha value is -0.810. The van der Waals surface area contributed by atoms with E-state index in [1.165, 1.54) is 6.07 Å². The van der Waals surface area contributed by atoms with Crippen molar-refractivity contribution in [3.63, 3.8) is 0 Å². The van der Waals surface area contributed by atoms with Crippen LogP contribution in [0.1, 0.15) is 16.8 Å². The molecule has 0 radical (unpaired) electrons. The molecule has 1 atom stereocenters. The second-order valence-electron chi connectivity index (χ2n) is 3.65. The van der Waals surface area contributed by atoms with Crippen molar-refractivity contribution >= 4 is 21.7 Å². The van der Waals surface area contributed by atoms with E-state index in [-0.39, 0.29) is 21.7 Å². The predicted molar refractivity (Wildman–Crippen MR) is 57.3 cm³/mol. The average molecular weight is 291 g/mol. The highest BCUT2D eigenvalue weighted by Crippen LogP contribution is 2.27. The number of ether oxygens (including phenoxy) is 1. The molecule has 1 aromatic rings. The van der Waals surface area contributed by atoms with E-state index in [2.05, 4.69) is 15.9 Å². The van der Waals surface area contributed by atoms with Gasteiger partial charge in [0.15, 0.2) is 17.4 Å². The summed E-state index contributed by atoms with van der Waals surface area (Å²) in [6.07, 6.45) is 0.629. The minimum absolute atomic E-state index is 0.107. The second-order valence-corrected chi connectivity index (χ2v) is 4.44. The van der Waals surface area contributed by atoms with E-state index in [1.807, 2.05) is 0 Å². The Balaban J connectivity index is 2.33. The highest BCUT2D eigenvalue weighted by atomic mass is 79.9. The Bertz CT molecular complexity index is 428. The summed E-state index contributed by atoms with van der Waals surface area (Å²) in [5.74, 6) is -2.44. The van der Waals surface area contributed by atoms with Gasteiger partial charge in [-0.25, -0.2) is 8.78 Å². The lowest BCUT2D eigenvalue weighted by atomic mass is 9.97. The van der Waals surface area contributed by atoms with Crippen molar-refractivity contribution in [2.45, 2.75) is 6.42 Å². The molecule has 1 aromatic carbocycles. The van der Waals surface area contributed by atoms with Crippen LogP contribution in [0.25, 0.3) is 0 Å². The van der Waals surface area contributed by atoms with Gasteiger partial charge in [-0.05, 0) is 34.5 Å². The first kappa shape index (κ1) is 11.7. The number of carbonyl (C=O) groups excluding carboxylic acids is 1. The van der Waals surface area contributed by atoms with E-state index in [4.69, 9.17) is 4.74 Å². The van der Waals surface area contributed by atoms with Gasteiger partial charge in [0, 0.05) is 18.1 Å². The number of hydrogen-bond acceptors (Lipinski definition) is 2. The Morgan fingerprint density at radius 1 is 1.44 bits per heavy atom. The summed E-state index contributed by atoms with van der Waals surface area (Å²) in [6, 6.07) is 2.26. The summed E-state index contributed by atoms with van der Waals surface area (Å²) < 4.78 is 31.1. The Morgan fingerprint density at radius 3 is 2.81 bits per heavy atom. The van der Waals surface area contributed by atoms with Gasteiger partial charge in [-0.2, -0.15) is 0 Å². The highest BCUT2D eigenvalue weighted by molar-refractivity contribution is 9.10. The molecular formula is C11H9BrF2O2. The Morgan fingerprint density at radius 2 is 2.19 bits per heavy atom.